The molecule has 0 aliphatic rings. The molecule has 1 N–H and O–H groups in total. The smallest absolute Gasteiger partial charge is 0.123 e. The molecule has 0 amide bonds. The van der Waals surface area contributed by atoms with Gasteiger partial charge in [0.1, 0.15) is 5.75 Å². The Morgan fingerprint density at radius 1 is 1.16 bits per heavy atom. The van der Waals surface area contributed by atoms with Gasteiger partial charge in [-0.05, 0) is 30.8 Å². The summed E-state index contributed by atoms with van der Waals surface area (Å²) >= 11 is 9.76. The van der Waals surface area contributed by atoms with Gasteiger partial charge in [-0.25, -0.2) is 0 Å². The van der Waals surface area contributed by atoms with Gasteiger partial charge in [0.15, 0.2) is 0 Å². The number of benzene rings is 2. The lowest BCUT2D eigenvalue weighted by atomic mass is 9.98. The zero-order valence-electron chi connectivity index (χ0n) is 10.8. The van der Waals surface area contributed by atoms with Crippen LogP contribution in [0.5, 0.6) is 5.75 Å². The van der Waals surface area contributed by atoms with Crippen LogP contribution in [0.15, 0.2) is 46.9 Å². The fourth-order valence-electron chi connectivity index (χ4n) is 2.12. The van der Waals surface area contributed by atoms with Crippen LogP contribution in [0.3, 0.4) is 0 Å². The van der Waals surface area contributed by atoms with Gasteiger partial charge >= 0.3 is 0 Å². The number of methoxy groups -OCH3 is 1. The third-order valence-electron chi connectivity index (χ3n) is 3.01. The van der Waals surface area contributed by atoms with Crippen molar-refractivity contribution in [3.8, 4) is 5.75 Å². The molecule has 1 atom stereocenters. The summed E-state index contributed by atoms with van der Waals surface area (Å²) in [6.07, 6.45) is 0. The van der Waals surface area contributed by atoms with Gasteiger partial charge in [0.2, 0.25) is 0 Å². The first-order chi connectivity index (χ1) is 9.17. The molecule has 2 aromatic carbocycles. The van der Waals surface area contributed by atoms with Crippen LogP contribution in [0.1, 0.15) is 17.2 Å². The number of ether oxygens (including phenoxy) is 1. The van der Waals surface area contributed by atoms with E-state index in [2.05, 4.69) is 21.2 Å². The minimum absolute atomic E-state index is 0.00301. The number of para-hydroxylation sites is 1. The molecular formula is C15H15BrClNO. The van der Waals surface area contributed by atoms with E-state index in [0.717, 1.165) is 26.4 Å². The molecule has 0 fully saturated rings. The largest absolute Gasteiger partial charge is 0.496 e. The van der Waals surface area contributed by atoms with Crippen LogP contribution < -0.4 is 10.1 Å². The van der Waals surface area contributed by atoms with Crippen molar-refractivity contribution >= 4 is 27.5 Å². The van der Waals surface area contributed by atoms with Crippen LogP contribution >= 0.6 is 27.5 Å². The average Bonchev–Trinajstić information content (AvgIpc) is 2.42. The SMILES string of the molecule is CNC(c1ccc(Br)cc1Cl)c1ccccc1OC. The Morgan fingerprint density at radius 2 is 1.89 bits per heavy atom. The molecule has 0 bridgehead atoms. The van der Waals surface area contributed by atoms with E-state index in [4.69, 9.17) is 16.3 Å². The van der Waals surface area contributed by atoms with Gasteiger partial charge < -0.3 is 10.1 Å². The Morgan fingerprint density at radius 3 is 2.53 bits per heavy atom. The van der Waals surface area contributed by atoms with Gasteiger partial charge in [0.25, 0.3) is 0 Å². The van der Waals surface area contributed by atoms with Gasteiger partial charge in [0.05, 0.1) is 13.2 Å². The second-order valence-corrected chi connectivity index (χ2v) is 5.45. The van der Waals surface area contributed by atoms with E-state index >= 15 is 0 Å². The number of nitrogens with one attached hydrogen (secondary N) is 1. The van der Waals surface area contributed by atoms with E-state index in [1.807, 2.05) is 49.5 Å². The maximum absolute atomic E-state index is 6.34. The first-order valence-corrected chi connectivity index (χ1v) is 7.09. The molecule has 0 aliphatic heterocycles. The minimum Gasteiger partial charge on any atom is -0.496 e. The summed E-state index contributed by atoms with van der Waals surface area (Å²) in [6.45, 7) is 0. The fraction of sp³-hybridized carbons (Fsp3) is 0.200. The first-order valence-electron chi connectivity index (χ1n) is 5.92. The van der Waals surface area contributed by atoms with Crippen molar-refractivity contribution in [2.45, 2.75) is 6.04 Å². The van der Waals surface area contributed by atoms with Crippen LogP contribution in [-0.4, -0.2) is 14.2 Å². The normalized spacial score (nSPS) is 12.2. The zero-order chi connectivity index (χ0) is 13.8. The number of hydrogen-bond acceptors (Lipinski definition) is 2. The van der Waals surface area contributed by atoms with Crippen molar-refractivity contribution in [2.75, 3.05) is 14.2 Å². The molecule has 2 nitrogen and oxygen atoms in total. The third-order valence-corrected chi connectivity index (χ3v) is 3.83. The van der Waals surface area contributed by atoms with Crippen LogP contribution in [0.2, 0.25) is 5.02 Å². The zero-order valence-corrected chi connectivity index (χ0v) is 13.1. The molecule has 2 aromatic rings. The van der Waals surface area contributed by atoms with E-state index in [1.165, 1.54) is 0 Å². The van der Waals surface area contributed by atoms with E-state index in [1.54, 1.807) is 7.11 Å². The summed E-state index contributed by atoms with van der Waals surface area (Å²) in [6, 6.07) is 13.8. The lowest BCUT2D eigenvalue weighted by Crippen LogP contribution is -2.18. The van der Waals surface area contributed by atoms with Crippen molar-refractivity contribution in [3.05, 3.63) is 63.1 Å². The number of rotatable bonds is 4. The monoisotopic (exact) mass is 339 g/mol. The second kappa shape index (κ2) is 6.42. The number of hydrogen-bond donors (Lipinski definition) is 1. The highest BCUT2D eigenvalue weighted by Gasteiger charge is 2.18. The molecule has 19 heavy (non-hydrogen) atoms. The van der Waals surface area contributed by atoms with Crippen molar-refractivity contribution in [2.24, 2.45) is 0 Å². The van der Waals surface area contributed by atoms with Crippen LogP contribution in [0.4, 0.5) is 0 Å². The van der Waals surface area contributed by atoms with E-state index in [9.17, 15) is 0 Å². The van der Waals surface area contributed by atoms with Crippen LogP contribution in [0, 0.1) is 0 Å². The van der Waals surface area contributed by atoms with Gasteiger partial charge in [0, 0.05) is 15.1 Å². The summed E-state index contributed by atoms with van der Waals surface area (Å²) in [5.41, 5.74) is 2.09. The first kappa shape index (κ1) is 14.4. The van der Waals surface area contributed by atoms with E-state index in [0.29, 0.717) is 0 Å². The maximum atomic E-state index is 6.34. The quantitative estimate of drug-likeness (QED) is 0.889. The molecule has 0 spiro atoms. The Labute approximate surface area is 126 Å². The summed E-state index contributed by atoms with van der Waals surface area (Å²) in [7, 11) is 3.59. The average molecular weight is 341 g/mol. The highest BCUT2D eigenvalue weighted by Crippen LogP contribution is 2.34. The third kappa shape index (κ3) is 3.11. The second-order valence-electron chi connectivity index (χ2n) is 4.13. The molecule has 0 saturated heterocycles. The molecule has 0 aliphatic carbocycles. The summed E-state index contributed by atoms with van der Waals surface area (Å²) in [5, 5.41) is 4.01. The summed E-state index contributed by atoms with van der Waals surface area (Å²) in [4.78, 5) is 0. The molecule has 2 rings (SSSR count). The molecule has 1 unspecified atom stereocenters. The topological polar surface area (TPSA) is 21.3 Å². The minimum atomic E-state index is -0.00301. The van der Waals surface area contributed by atoms with E-state index < -0.39 is 0 Å². The predicted molar refractivity (Wildman–Crippen MR) is 83.0 cm³/mol. The highest BCUT2D eigenvalue weighted by atomic mass is 79.9. The molecule has 0 heterocycles. The molecule has 0 saturated carbocycles. The lowest BCUT2D eigenvalue weighted by Gasteiger charge is -2.21. The number of halogens is 2. The Hall–Kier alpha value is -1.03. The molecule has 0 radical (unpaired) electrons. The summed E-state index contributed by atoms with van der Waals surface area (Å²) in [5.74, 6) is 0.848. The summed E-state index contributed by atoms with van der Waals surface area (Å²) < 4.78 is 6.39. The molecule has 100 valence electrons. The van der Waals surface area contributed by atoms with Gasteiger partial charge in [-0.1, -0.05) is 51.8 Å². The maximum Gasteiger partial charge on any atom is 0.123 e. The van der Waals surface area contributed by atoms with Gasteiger partial charge in [-0.3, -0.25) is 0 Å². The Kier molecular flexibility index (Phi) is 4.86. The van der Waals surface area contributed by atoms with E-state index in [-0.39, 0.29) is 6.04 Å². The van der Waals surface area contributed by atoms with Gasteiger partial charge in [-0.15, -0.1) is 0 Å². The van der Waals surface area contributed by atoms with Crippen molar-refractivity contribution < 1.29 is 4.74 Å². The predicted octanol–water partition coefficient (Wildman–Crippen LogP) is 4.42. The fourth-order valence-corrected chi connectivity index (χ4v) is 2.90. The Bertz CT molecular complexity index is 574. The van der Waals surface area contributed by atoms with Crippen molar-refractivity contribution in [1.29, 1.82) is 0 Å². The molecule has 0 aromatic heterocycles. The van der Waals surface area contributed by atoms with Crippen LogP contribution in [0.25, 0.3) is 0 Å². The van der Waals surface area contributed by atoms with Crippen LogP contribution in [-0.2, 0) is 0 Å². The van der Waals surface area contributed by atoms with Crippen molar-refractivity contribution in [3.63, 3.8) is 0 Å². The van der Waals surface area contributed by atoms with Gasteiger partial charge in [-0.2, -0.15) is 0 Å². The van der Waals surface area contributed by atoms with Crippen molar-refractivity contribution in [1.82, 2.24) is 5.32 Å². The highest BCUT2D eigenvalue weighted by molar-refractivity contribution is 9.10. The lowest BCUT2D eigenvalue weighted by molar-refractivity contribution is 0.405. The molecule has 4 heteroatoms. The Balaban J connectivity index is 2.50. The molecular weight excluding hydrogens is 326 g/mol. The standard InChI is InChI=1S/C15H15BrClNO/c1-18-15(11-8-7-10(16)9-13(11)17)12-5-3-4-6-14(12)19-2/h3-9,15,18H,1-2H3.